The molecule has 2 rings (SSSR count). The summed E-state index contributed by atoms with van der Waals surface area (Å²) in [5.41, 5.74) is 1.52. The van der Waals surface area contributed by atoms with Crippen LogP contribution in [0.2, 0.25) is 0 Å². The molecular formula is C17H18N2O3. The number of aryl methyl sites for hydroxylation is 1. The number of amides is 1. The highest BCUT2D eigenvalue weighted by Crippen LogP contribution is 2.25. The molecule has 5 heteroatoms. The van der Waals surface area contributed by atoms with E-state index >= 15 is 0 Å². The molecule has 0 aliphatic carbocycles. The molecule has 5 nitrogen and oxygen atoms in total. The summed E-state index contributed by atoms with van der Waals surface area (Å²) >= 11 is 0. The summed E-state index contributed by atoms with van der Waals surface area (Å²) < 4.78 is 0. The Hall–Kier alpha value is -2.69. The Balaban J connectivity index is 2.33. The van der Waals surface area contributed by atoms with E-state index in [0.29, 0.717) is 18.7 Å². The molecular weight excluding hydrogens is 280 g/mol. The highest BCUT2D eigenvalue weighted by Gasteiger charge is 2.25. The normalized spacial score (nSPS) is 10.3. The van der Waals surface area contributed by atoms with Gasteiger partial charge in [0.25, 0.3) is 11.6 Å². The van der Waals surface area contributed by atoms with Gasteiger partial charge in [-0.25, -0.2) is 0 Å². The van der Waals surface area contributed by atoms with Crippen molar-refractivity contribution in [3.05, 3.63) is 75.3 Å². The smallest absolute Gasteiger partial charge is 0.285 e. The van der Waals surface area contributed by atoms with Crippen LogP contribution in [0.15, 0.2) is 48.5 Å². The van der Waals surface area contributed by atoms with Gasteiger partial charge in [-0.3, -0.25) is 14.9 Å². The monoisotopic (exact) mass is 298 g/mol. The van der Waals surface area contributed by atoms with Gasteiger partial charge in [0.05, 0.1) is 4.92 Å². The summed E-state index contributed by atoms with van der Waals surface area (Å²) in [6.07, 6.45) is 0. The fraction of sp³-hybridized carbons (Fsp3) is 0.235. The van der Waals surface area contributed by atoms with Gasteiger partial charge in [0, 0.05) is 18.7 Å². The van der Waals surface area contributed by atoms with E-state index in [4.69, 9.17) is 0 Å². The molecule has 22 heavy (non-hydrogen) atoms. The lowest BCUT2D eigenvalue weighted by Crippen LogP contribution is -2.30. The minimum Gasteiger partial charge on any atom is -0.334 e. The Morgan fingerprint density at radius 3 is 2.41 bits per heavy atom. The number of hydrogen-bond acceptors (Lipinski definition) is 3. The maximum absolute atomic E-state index is 12.7. The molecule has 0 aliphatic heterocycles. The summed E-state index contributed by atoms with van der Waals surface area (Å²) in [6, 6.07) is 14.4. The predicted octanol–water partition coefficient (Wildman–Crippen LogP) is 3.57. The lowest BCUT2D eigenvalue weighted by molar-refractivity contribution is -0.385. The molecule has 2 aromatic rings. The zero-order valence-corrected chi connectivity index (χ0v) is 12.7. The average molecular weight is 298 g/mol. The molecule has 1 amide bonds. The van der Waals surface area contributed by atoms with Crippen molar-refractivity contribution in [3.8, 4) is 0 Å². The van der Waals surface area contributed by atoms with E-state index < -0.39 is 4.92 Å². The van der Waals surface area contributed by atoms with Crippen LogP contribution in [0.4, 0.5) is 5.69 Å². The predicted molar refractivity (Wildman–Crippen MR) is 84.7 cm³/mol. The van der Waals surface area contributed by atoms with Gasteiger partial charge < -0.3 is 4.90 Å². The second-order valence-corrected chi connectivity index (χ2v) is 5.03. The quantitative estimate of drug-likeness (QED) is 0.626. The lowest BCUT2D eigenvalue weighted by Gasteiger charge is -2.21. The SMILES string of the molecule is CCN(Cc1ccccc1)C(=O)c1cccc(C)c1[N+](=O)[O-]. The van der Waals surface area contributed by atoms with E-state index in [0.717, 1.165) is 5.56 Å². The first-order valence-electron chi connectivity index (χ1n) is 7.11. The third-order valence-electron chi connectivity index (χ3n) is 3.54. The first-order valence-corrected chi connectivity index (χ1v) is 7.11. The van der Waals surface area contributed by atoms with E-state index in [2.05, 4.69) is 0 Å². The van der Waals surface area contributed by atoms with E-state index in [-0.39, 0.29) is 17.2 Å². The van der Waals surface area contributed by atoms with E-state index in [1.54, 1.807) is 24.0 Å². The summed E-state index contributed by atoms with van der Waals surface area (Å²) in [7, 11) is 0. The largest absolute Gasteiger partial charge is 0.334 e. The number of nitro groups is 1. The average Bonchev–Trinajstić information content (AvgIpc) is 2.52. The minimum atomic E-state index is -0.487. The van der Waals surface area contributed by atoms with Crippen LogP contribution < -0.4 is 0 Å². The van der Waals surface area contributed by atoms with Crippen LogP contribution in [0.5, 0.6) is 0 Å². The second-order valence-electron chi connectivity index (χ2n) is 5.03. The molecule has 0 N–H and O–H groups in total. The van der Waals surface area contributed by atoms with Gasteiger partial charge >= 0.3 is 0 Å². The zero-order valence-electron chi connectivity index (χ0n) is 12.7. The molecule has 0 saturated carbocycles. The molecule has 0 heterocycles. The Bertz CT molecular complexity index is 684. The number of hydrogen-bond donors (Lipinski definition) is 0. The molecule has 0 aliphatic rings. The van der Waals surface area contributed by atoms with Gasteiger partial charge in [-0.2, -0.15) is 0 Å². The van der Waals surface area contributed by atoms with Crippen LogP contribution in [-0.2, 0) is 6.54 Å². The van der Waals surface area contributed by atoms with Crippen molar-refractivity contribution in [2.24, 2.45) is 0 Å². The second kappa shape index (κ2) is 6.85. The van der Waals surface area contributed by atoms with Crippen LogP contribution in [-0.4, -0.2) is 22.3 Å². The maximum Gasteiger partial charge on any atom is 0.285 e. The van der Waals surface area contributed by atoms with Crippen molar-refractivity contribution in [1.29, 1.82) is 0 Å². The topological polar surface area (TPSA) is 63.5 Å². The van der Waals surface area contributed by atoms with Crippen molar-refractivity contribution < 1.29 is 9.72 Å². The van der Waals surface area contributed by atoms with Gasteiger partial charge in [0.15, 0.2) is 0 Å². The maximum atomic E-state index is 12.7. The number of benzene rings is 2. The molecule has 0 aromatic heterocycles. The molecule has 0 fully saturated rings. The molecule has 114 valence electrons. The van der Waals surface area contributed by atoms with Crippen LogP contribution in [0.3, 0.4) is 0 Å². The third kappa shape index (κ3) is 3.31. The van der Waals surface area contributed by atoms with Gasteiger partial charge in [-0.15, -0.1) is 0 Å². The van der Waals surface area contributed by atoms with Crippen molar-refractivity contribution in [2.75, 3.05) is 6.54 Å². The number of rotatable bonds is 5. The highest BCUT2D eigenvalue weighted by molar-refractivity contribution is 5.98. The fourth-order valence-corrected chi connectivity index (χ4v) is 2.38. The molecule has 0 unspecified atom stereocenters. The van der Waals surface area contributed by atoms with Gasteiger partial charge in [0.2, 0.25) is 0 Å². The van der Waals surface area contributed by atoms with E-state index in [1.807, 2.05) is 37.3 Å². The number of nitrogens with zero attached hydrogens (tertiary/aromatic N) is 2. The van der Waals surface area contributed by atoms with Crippen molar-refractivity contribution in [1.82, 2.24) is 4.90 Å². The third-order valence-corrected chi connectivity index (χ3v) is 3.54. The summed E-state index contributed by atoms with van der Waals surface area (Å²) in [6.45, 7) is 4.42. The number of para-hydroxylation sites is 1. The molecule has 0 saturated heterocycles. The molecule has 0 spiro atoms. The Labute approximate surface area is 129 Å². The van der Waals surface area contributed by atoms with E-state index in [1.165, 1.54) is 6.07 Å². The zero-order chi connectivity index (χ0) is 16.1. The van der Waals surface area contributed by atoms with Crippen LogP contribution in [0.1, 0.15) is 28.4 Å². The molecule has 2 aromatic carbocycles. The summed E-state index contributed by atoms with van der Waals surface area (Å²) in [4.78, 5) is 25.1. The highest BCUT2D eigenvalue weighted by atomic mass is 16.6. The van der Waals surface area contributed by atoms with Crippen LogP contribution >= 0.6 is 0 Å². The molecule has 0 bridgehead atoms. The lowest BCUT2D eigenvalue weighted by atomic mass is 10.1. The standard InChI is InChI=1S/C17H18N2O3/c1-3-18(12-14-9-5-4-6-10-14)17(20)15-11-7-8-13(2)16(15)19(21)22/h4-11H,3,12H2,1-2H3. The summed E-state index contributed by atoms with van der Waals surface area (Å²) in [5, 5.41) is 11.3. The Morgan fingerprint density at radius 1 is 1.14 bits per heavy atom. The number of carbonyl (C=O) groups is 1. The summed E-state index contributed by atoms with van der Waals surface area (Å²) in [5.74, 6) is -0.318. The van der Waals surface area contributed by atoms with Crippen molar-refractivity contribution in [2.45, 2.75) is 20.4 Å². The molecule has 0 atom stereocenters. The fourth-order valence-electron chi connectivity index (χ4n) is 2.38. The Kier molecular flexibility index (Phi) is 4.88. The van der Waals surface area contributed by atoms with Crippen LogP contribution in [0.25, 0.3) is 0 Å². The Morgan fingerprint density at radius 2 is 1.82 bits per heavy atom. The van der Waals surface area contributed by atoms with Crippen molar-refractivity contribution in [3.63, 3.8) is 0 Å². The first-order chi connectivity index (χ1) is 10.5. The van der Waals surface area contributed by atoms with Gasteiger partial charge in [0.1, 0.15) is 5.56 Å². The van der Waals surface area contributed by atoms with Crippen LogP contribution in [0, 0.1) is 17.0 Å². The number of nitro benzene ring substituents is 1. The van der Waals surface area contributed by atoms with Crippen molar-refractivity contribution >= 4 is 11.6 Å². The van der Waals surface area contributed by atoms with Gasteiger partial charge in [-0.05, 0) is 25.5 Å². The van der Waals surface area contributed by atoms with E-state index in [9.17, 15) is 14.9 Å². The number of carbonyl (C=O) groups excluding carboxylic acids is 1. The molecule has 0 radical (unpaired) electrons. The minimum absolute atomic E-state index is 0.112. The van der Waals surface area contributed by atoms with Gasteiger partial charge in [-0.1, -0.05) is 42.5 Å². The first kappa shape index (κ1) is 15.7.